The van der Waals surface area contributed by atoms with Gasteiger partial charge in [0.15, 0.2) is 0 Å². The molecular formula is C21H20N4O2. The van der Waals surface area contributed by atoms with E-state index < -0.39 is 0 Å². The molecule has 1 heterocycles. The maximum absolute atomic E-state index is 12.9. The molecule has 3 aromatic rings. The summed E-state index contributed by atoms with van der Waals surface area (Å²) in [7, 11) is 0. The van der Waals surface area contributed by atoms with E-state index in [4.69, 9.17) is 5.26 Å². The van der Waals surface area contributed by atoms with Gasteiger partial charge in [0.25, 0.3) is 0 Å². The van der Waals surface area contributed by atoms with Crippen LogP contribution in [0.4, 0.5) is 0 Å². The Morgan fingerprint density at radius 3 is 2.56 bits per heavy atom. The first kappa shape index (κ1) is 18.3. The summed E-state index contributed by atoms with van der Waals surface area (Å²) in [5, 5.41) is 13.6. The van der Waals surface area contributed by atoms with E-state index in [1.807, 2.05) is 32.0 Å². The lowest BCUT2D eigenvalue weighted by Crippen LogP contribution is -2.39. The fraction of sp³-hybridized carbons (Fsp3) is 0.238. The van der Waals surface area contributed by atoms with Crippen LogP contribution in [-0.4, -0.2) is 26.6 Å². The lowest BCUT2D eigenvalue weighted by molar-refractivity contribution is -0.134. The van der Waals surface area contributed by atoms with E-state index in [1.165, 1.54) is 6.20 Å². The quantitative estimate of drug-likeness (QED) is 0.701. The van der Waals surface area contributed by atoms with E-state index in [-0.39, 0.29) is 23.9 Å². The molecule has 0 spiro atoms. The van der Waals surface area contributed by atoms with Crippen molar-refractivity contribution < 1.29 is 4.79 Å². The van der Waals surface area contributed by atoms with Crippen molar-refractivity contribution in [1.82, 2.24) is 14.7 Å². The normalized spacial score (nSPS) is 10.7. The smallest absolute Gasteiger partial charge is 0.244 e. The second-order valence-corrected chi connectivity index (χ2v) is 6.61. The molecule has 0 radical (unpaired) electrons. The van der Waals surface area contributed by atoms with Gasteiger partial charge in [-0.15, -0.1) is 0 Å². The second kappa shape index (κ2) is 7.83. The van der Waals surface area contributed by atoms with Gasteiger partial charge >= 0.3 is 0 Å². The highest BCUT2D eigenvalue weighted by molar-refractivity contribution is 5.81. The highest BCUT2D eigenvalue weighted by atomic mass is 16.2. The number of benzene rings is 2. The van der Waals surface area contributed by atoms with Gasteiger partial charge in [0.1, 0.15) is 6.54 Å². The van der Waals surface area contributed by atoms with Gasteiger partial charge in [-0.05, 0) is 43.7 Å². The van der Waals surface area contributed by atoms with Gasteiger partial charge in [-0.1, -0.05) is 24.3 Å². The number of nitriles is 1. The molecule has 3 rings (SSSR count). The Balaban J connectivity index is 1.85. The Kier molecular flexibility index (Phi) is 5.32. The zero-order valence-corrected chi connectivity index (χ0v) is 15.3. The average Bonchev–Trinajstić information content (AvgIpc) is 2.68. The largest absolute Gasteiger partial charge is 0.334 e. The molecule has 0 bridgehead atoms. The topological polar surface area (TPSA) is 79.0 Å². The Morgan fingerprint density at radius 2 is 1.89 bits per heavy atom. The summed E-state index contributed by atoms with van der Waals surface area (Å²) in [5.74, 6) is -0.0874. The fourth-order valence-corrected chi connectivity index (χ4v) is 2.95. The molecule has 0 saturated heterocycles. The van der Waals surface area contributed by atoms with Crippen LogP contribution < -0.4 is 5.43 Å². The predicted octanol–water partition coefficient (Wildman–Crippen LogP) is 2.71. The Hall–Kier alpha value is -3.46. The number of fused-ring (bicyclic) bond motifs is 1. The van der Waals surface area contributed by atoms with E-state index in [9.17, 15) is 9.59 Å². The molecule has 1 aromatic heterocycles. The summed E-state index contributed by atoms with van der Waals surface area (Å²) in [6.45, 7) is 4.41. The lowest BCUT2D eigenvalue weighted by Gasteiger charge is -2.27. The monoisotopic (exact) mass is 360 g/mol. The van der Waals surface area contributed by atoms with Crippen LogP contribution in [0.2, 0.25) is 0 Å². The highest BCUT2D eigenvalue weighted by Crippen LogP contribution is 2.13. The molecule has 0 fully saturated rings. The van der Waals surface area contributed by atoms with E-state index in [0.717, 1.165) is 5.56 Å². The van der Waals surface area contributed by atoms with Gasteiger partial charge in [0, 0.05) is 18.0 Å². The lowest BCUT2D eigenvalue weighted by atomic mass is 10.1. The molecular weight excluding hydrogens is 340 g/mol. The summed E-state index contributed by atoms with van der Waals surface area (Å²) < 4.78 is 1.56. The second-order valence-electron chi connectivity index (χ2n) is 6.61. The van der Waals surface area contributed by atoms with E-state index >= 15 is 0 Å². The van der Waals surface area contributed by atoms with Gasteiger partial charge in [-0.2, -0.15) is 10.4 Å². The van der Waals surface area contributed by atoms with Crippen LogP contribution in [0.15, 0.2) is 59.5 Å². The Morgan fingerprint density at radius 1 is 1.19 bits per heavy atom. The molecule has 0 aliphatic carbocycles. The highest BCUT2D eigenvalue weighted by Gasteiger charge is 2.19. The number of hydrogen-bond donors (Lipinski definition) is 0. The number of carbonyl (C=O) groups is 1. The Bertz CT molecular complexity index is 1060. The molecule has 1 amide bonds. The molecule has 0 aliphatic heterocycles. The van der Waals surface area contributed by atoms with Crippen molar-refractivity contribution >= 4 is 16.8 Å². The van der Waals surface area contributed by atoms with Crippen LogP contribution in [0.5, 0.6) is 0 Å². The third-order valence-corrected chi connectivity index (χ3v) is 4.43. The van der Waals surface area contributed by atoms with Gasteiger partial charge in [-0.25, -0.2) is 0 Å². The standard InChI is InChI=1S/C21H20N4O2/c1-15(2)24(13-17-9-7-16(11-22)8-10-17)21(27)14-25-19-6-4-3-5-18(19)20(26)12-23-25/h3-10,12,15H,13-14H2,1-2H3. The van der Waals surface area contributed by atoms with Gasteiger partial charge in [0.05, 0.1) is 23.3 Å². The van der Waals surface area contributed by atoms with Crippen LogP contribution in [0.1, 0.15) is 25.0 Å². The molecule has 0 N–H and O–H groups in total. The van der Waals surface area contributed by atoms with Crippen molar-refractivity contribution in [2.45, 2.75) is 33.0 Å². The Labute approximate surface area is 157 Å². The van der Waals surface area contributed by atoms with Crippen LogP contribution in [0, 0.1) is 11.3 Å². The number of para-hydroxylation sites is 1. The molecule has 6 nitrogen and oxygen atoms in total. The molecule has 2 aromatic carbocycles. The number of nitrogens with zero attached hydrogens (tertiary/aromatic N) is 4. The van der Waals surface area contributed by atoms with E-state index in [1.54, 1.807) is 39.9 Å². The predicted molar refractivity (Wildman–Crippen MR) is 103 cm³/mol. The third kappa shape index (κ3) is 4.04. The third-order valence-electron chi connectivity index (χ3n) is 4.43. The van der Waals surface area contributed by atoms with Crippen molar-refractivity contribution in [3.63, 3.8) is 0 Å². The minimum atomic E-state index is -0.160. The number of rotatable bonds is 5. The molecule has 0 saturated carbocycles. The molecule has 0 atom stereocenters. The van der Waals surface area contributed by atoms with Crippen LogP contribution in [0.3, 0.4) is 0 Å². The summed E-state index contributed by atoms with van der Waals surface area (Å²) in [6, 6.07) is 16.4. The number of aromatic nitrogens is 2. The van der Waals surface area contributed by atoms with Crippen molar-refractivity contribution in [3.8, 4) is 6.07 Å². The van der Waals surface area contributed by atoms with Gasteiger partial charge in [0.2, 0.25) is 11.3 Å². The van der Waals surface area contributed by atoms with Crippen LogP contribution >= 0.6 is 0 Å². The van der Waals surface area contributed by atoms with Gasteiger partial charge in [-0.3, -0.25) is 14.3 Å². The first-order chi connectivity index (χ1) is 13.0. The first-order valence-corrected chi connectivity index (χ1v) is 8.73. The summed E-state index contributed by atoms with van der Waals surface area (Å²) in [6.07, 6.45) is 1.25. The zero-order valence-electron chi connectivity index (χ0n) is 15.3. The van der Waals surface area contributed by atoms with Crippen molar-refractivity contribution in [1.29, 1.82) is 5.26 Å². The summed E-state index contributed by atoms with van der Waals surface area (Å²) in [4.78, 5) is 26.7. The average molecular weight is 360 g/mol. The molecule has 136 valence electrons. The fourth-order valence-electron chi connectivity index (χ4n) is 2.95. The van der Waals surface area contributed by atoms with E-state index in [2.05, 4.69) is 11.2 Å². The maximum atomic E-state index is 12.9. The first-order valence-electron chi connectivity index (χ1n) is 8.73. The molecule has 0 unspecified atom stereocenters. The van der Waals surface area contributed by atoms with Crippen molar-refractivity contribution in [2.24, 2.45) is 0 Å². The zero-order chi connectivity index (χ0) is 19.4. The molecule has 27 heavy (non-hydrogen) atoms. The molecule has 6 heteroatoms. The number of hydrogen-bond acceptors (Lipinski definition) is 4. The summed E-state index contributed by atoms with van der Waals surface area (Å²) in [5.41, 5.74) is 2.02. The SMILES string of the molecule is CC(C)N(Cc1ccc(C#N)cc1)C(=O)Cn1ncc(=O)c2ccccc21. The van der Waals surface area contributed by atoms with Crippen LogP contribution in [0.25, 0.3) is 10.9 Å². The van der Waals surface area contributed by atoms with Crippen molar-refractivity contribution in [3.05, 3.63) is 76.1 Å². The van der Waals surface area contributed by atoms with Gasteiger partial charge < -0.3 is 4.90 Å². The minimum absolute atomic E-state index is 0.00112. The number of carbonyl (C=O) groups excluding carboxylic acids is 1. The van der Waals surface area contributed by atoms with Crippen LogP contribution in [-0.2, 0) is 17.9 Å². The molecule has 0 aliphatic rings. The number of amides is 1. The van der Waals surface area contributed by atoms with Crippen molar-refractivity contribution in [2.75, 3.05) is 0 Å². The summed E-state index contributed by atoms with van der Waals surface area (Å²) >= 11 is 0. The van der Waals surface area contributed by atoms with E-state index in [0.29, 0.717) is 23.0 Å². The minimum Gasteiger partial charge on any atom is -0.334 e. The maximum Gasteiger partial charge on any atom is 0.244 e.